The molecule has 2 aromatic carbocycles. The molecule has 3 heteroatoms. The van der Waals surface area contributed by atoms with E-state index in [-0.39, 0.29) is 11.1 Å². The predicted molar refractivity (Wildman–Crippen MR) is 106 cm³/mol. The first-order valence-electron chi connectivity index (χ1n) is 9.72. The van der Waals surface area contributed by atoms with Crippen LogP contribution in [0.4, 0.5) is 8.78 Å². The molecule has 0 bridgehead atoms. The van der Waals surface area contributed by atoms with Crippen LogP contribution >= 0.6 is 0 Å². The monoisotopic (exact) mass is 365 g/mol. The maximum Gasteiger partial charge on any atom is 0.166 e. The van der Waals surface area contributed by atoms with Crippen LogP contribution in [0.3, 0.4) is 0 Å². The Hall–Kier alpha value is -2.47. The fraction of sp³-hybridized carbons (Fsp3) is 0.375. The normalized spacial score (nSPS) is 20.7. The number of benzene rings is 2. The van der Waals surface area contributed by atoms with Crippen molar-refractivity contribution < 1.29 is 8.78 Å². The zero-order valence-electron chi connectivity index (χ0n) is 15.7. The van der Waals surface area contributed by atoms with Crippen LogP contribution in [0.25, 0.3) is 11.7 Å². The van der Waals surface area contributed by atoms with E-state index in [9.17, 15) is 8.78 Å². The molecule has 27 heavy (non-hydrogen) atoms. The fourth-order valence-corrected chi connectivity index (χ4v) is 3.75. The Bertz CT molecular complexity index is 820. The summed E-state index contributed by atoms with van der Waals surface area (Å²) in [5.74, 6) is -0.108. The number of halogens is 2. The number of rotatable bonds is 5. The third-order valence-electron chi connectivity index (χ3n) is 5.64. The molecule has 1 fully saturated rings. The van der Waals surface area contributed by atoms with Crippen LogP contribution in [0.1, 0.15) is 61.3 Å². The van der Waals surface area contributed by atoms with Gasteiger partial charge in [0.15, 0.2) is 11.7 Å². The highest BCUT2D eigenvalue weighted by Crippen LogP contribution is 2.32. The van der Waals surface area contributed by atoms with E-state index < -0.39 is 11.7 Å². The van der Waals surface area contributed by atoms with Crippen LogP contribution < -0.4 is 0 Å². The summed E-state index contributed by atoms with van der Waals surface area (Å²) < 4.78 is 28.9. The van der Waals surface area contributed by atoms with Gasteiger partial charge in [-0.25, -0.2) is 8.78 Å². The van der Waals surface area contributed by atoms with E-state index >= 15 is 0 Å². The van der Waals surface area contributed by atoms with Crippen molar-refractivity contribution in [3.63, 3.8) is 0 Å². The highest BCUT2D eigenvalue weighted by atomic mass is 19.2. The molecule has 2 aromatic rings. The number of hydrogen-bond acceptors (Lipinski definition) is 1. The second kappa shape index (κ2) is 8.95. The van der Waals surface area contributed by atoms with E-state index in [1.807, 2.05) is 18.2 Å². The number of aryl methyl sites for hydroxylation is 1. The molecule has 0 radical (unpaired) electrons. The smallest absolute Gasteiger partial charge is 0.166 e. The summed E-state index contributed by atoms with van der Waals surface area (Å²) in [5, 5.41) is 8.79. The molecule has 0 aliphatic heterocycles. The van der Waals surface area contributed by atoms with Gasteiger partial charge in [-0.2, -0.15) is 5.26 Å². The Balaban J connectivity index is 1.64. The molecule has 1 aliphatic rings. The van der Waals surface area contributed by atoms with Crippen molar-refractivity contribution in [3.8, 4) is 6.07 Å². The molecule has 1 nitrogen and oxygen atoms in total. The van der Waals surface area contributed by atoms with Gasteiger partial charge in [-0.1, -0.05) is 69.0 Å². The summed E-state index contributed by atoms with van der Waals surface area (Å²) in [4.78, 5) is 0. The maximum atomic E-state index is 14.5. The molecule has 0 spiro atoms. The van der Waals surface area contributed by atoms with Crippen molar-refractivity contribution in [2.45, 2.75) is 45.4 Å². The number of nitrogens with zero attached hydrogens (tertiary/aromatic N) is 1. The molecule has 1 aliphatic carbocycles. The highest BCUT2D eigenvalue weighted by molar-refractivity contribution is 5.83. The first kappa shape index (κ1) is 19.3. The lowest BCUT2D eigenvalue weighted by molar-refractivity contribution is 0.278. The topological polar surface area (TPSA) is 23.8 Å². The van der Waals surface area contributed by atoms with Crippen LogP contribution in [-0.4, -0.2) is 0 Å². The van der Waals surface area contributed by atoms with Crippen molar-refractivity contribution in [1.29, 1.82) is 5.26 Å². The average Bonchev–Trinajstić information content (AvgIpc) is 2.73. The third kappa shape index (κ3) is 5.04. The molecule has 1 saturated carbocycles. The van der Waals surface area contributed by atoms with Crippen LogP contribution in [0.5, 0.6) is 0 Å². The van der Waals surface area contributed by atoms with Gasteiger partial charge in [0, 0.05) is 11.1 Å². The first-order chi connectivity index (χ1) is 13.1. The van der Waals surface area contributed by atoms with E-state index in [1.165, 1.54) is 61.9 Å². The Kier molecular flexibility index (Phi) is 6.40. The molecule has 0 heterocycles. The first-order valence-corrected chi connectivity index (χ1v) is 9.72. The van der Waals surface area contributed by atoms with Crippen molar-refractivity contribution in [1.82, 2.24) is 0 Å². The third-order valence-corrected chi connectivity index (χ3v) is 5.64. The number of nitriles is 1. The van der Waals surface area contributed by atoms with E-state index in [0.717, 1.165) is 18.3 Å². The van der Waals surface area contributed by atoms with Crippen LogP contribution in [-0.2, 0) is 6.42 Å². The van der Waals surface area contributed by atoms with Crippen LogP contribution in [0.15, 0.2) is 48.5 Å². The van der Waals surface area contributed by atoms with Gasteiger partial charge in [-0.15, -0.1) is 0 Å². The van der Waals surface area contributed by atoms with Gasteiger partial charge in [0.2, 0.25) is 0 Å². The standard InChI is InChI=1S/C24H25F2N/c1-17-2-4-18(5-3-17)6-7-19-8-12-21(13-9-19)23(25)24(26)22-14-10-20(16-27)11-15-22/h8-15,17-18H,2-7H2,1H3/t17-,18-. The van der Waals surface area contributed by atoms with Gasteiger partial charge in [0.05, 0.1) is 11.6 Å². The van der Waals surface area contributed by atoms with E-state index in [2.05, 4.69) is 6.92 Å². The van der Waals surface area contributed by atoms with Crippen LogP contribution in [0.2, 0.25) is 0 Å². The highest BCUT2D eigenvalue weighted by Gasteiger charge is 2.18. The molecule has 0 atom stereocenters. The molecule has 3 rings (SSSR count). The van der Waals surface area contributed by atoms with E-state index in [0.29, 0.717) is 5.56 Å². The molecule has 140 valence electrons. The average molecular weight is 365 g/mol. The van der Waals surface area contributed by atoms with Gasteiger partial charge in [0.1, 0.15) is 0 Å². The minimum Gasteiger partial charge on any atom is -0.203 e. The summed E-state index contributed by atoms with van der Waals surface area (Å²) in [7, 11) is 0. The predicted octanol–water partition coefficient (Wildman–Crippen LogP) is 7.08. The summed E-state index contributed by atoms with van der Waals surface area (Å²) in [6, 6.07) is 14.9. The lowest BCUT2D eigenvalue weighted by atomic mass is 9.80. The quantitative estimate of drug-likeness (QED) is 0.519. The van der Waals surface area contributed by atoms with Crippen LogP contribution in [0, 0.1) is 23.2 Å². The molecular weight excluding hydrogens is 340 g/mol. The molecule has 0 aromatic heterocycles. The van der Waals surface area contributed by atoms with Crippen molar-refractivity contribution in [3.05, 3.63) is 70.8 Å². The lowest BCUT2D eigenvalue weighted by Gasteiger charge is -2.26. The Labute approximate surface area is 160 Å². The van der Waals surface area contributed by atoms with Gasteiger partial charge in [-0.05, 0) is 42.4 Å². The maximum absolute atomic E-state index is 14.5. The number of hydrogen-bond donors (Lipinski definition) is 0. The Morgan fingerprint density at radius 2 is 1.41 bits per heavy atom. The summed E-state index contributed by atoms with van der Waals surface area (Å²) in [6.07, 6.45) is 7.44. The van der Waals surface area contributed by atoms with Crippen molar-refractivity contribution >= 4 is 11.7 Å². The zero-order chi connectivity index (χ0) is 19.2. The van der Waals surface area contributed by atoms with Crippen molar-refractivity contribution in [2.75, 3.05) is 0 Å². The molecule has 0 amide bonds. The van der Waals surface area contributed by atoms with Gasteiger partial charge >= 0.3 is 0 Å². The van der Waals surface area contributed by atoms with Gasteiger partial charge in [-0.3, -0.25) is 0 Å². The fourth-order valence-electron chi connectivity index (χ4n) is 3.75. The van der Waals surface area contributed by atoms with Gasteiger partial charge < -0.3 is 0 Å². The Morgan fingerprint density at radius 3 is 1.93 bits per heavy atom. The summed E-state index contributed by atoms with van der Waals surface area (Å²) >= 11 is 0. The van der Waals surface area contributed by atoms with Crippen molar-refractivity contribution in [2.24, 2.45) is 11.8 Å². The molecule has 0 N–H and O–H groups in total. The largest absolute Gasteiger partial charge is 0.203 e. The molecule has 0 saturated heterocycles. The minimum absolute atomic E-state index is 0.141. The van der Waals surface area contributed by atoms with E-state index in [4.69, 9.17) is 5.26 Å². The summed E-state index contributed by atoms with van der Waals surface area (Å²) in [5.41, 5.74) is 1.97. The SMILES string of the molecule is C[C@H]1CC[C@H](CCc2ccc(C(F)=C(F)c3ccc(C#N)cc3)cc2)CC1. The van der Waals surface area contributed by atoms with E-state index in [1.54, 1.807) is 12.1 Å². The second-order valence-corrected chi connectivity index (χ2v) is 7.68. The Morgan fingerprint density at radius 1 is 0.889 bits per heavy atom. The molecular formula is C24H25F2N. The zero-order valence-corrected chi connectivity index (χ0v) is 15.7. The lowest BCUT2D eigenvalue weighted by Crippen LogP contribution is -2.12. The summed E-state index contributed by atoms with van der Waals surface area (Å²) in [6.45, 7) is 2.33. The van der Waals surface area contributed by atoms with Gasteiger partial charge in [0.25, 0.3) is 0 Å². The minimum atomic E-state index is -0.899. The second-order valence-electron chi connectivity index (χ2n) is 7.68. The molecule has 0 unspecified atom stereocenters.